The summed E-state index contributed by atoms with van der Waals surface area (Å²) in [7, 11) is 1.66. The normalized spacial score (nSPS) is 15.9. The van der Waals surface area contributed by atoms with Gasteiger partial charge in [0.1, 0.15) is 5.75 Å². The van der Waals surface area contributed by atoms with Crippen molar-refractivity contribution in [3.05, 3.63) is 28.8 Å². The standard InChI is InChI=1S/C29H52ClN3O5/c1-8-21(6)26(18-34)32-29(36)23(19(2)3)15-27(35)25(31)17-33(20(4)5)16-22-10-11-24(30)28(14-22)38-13-9-12-37-7/h10-11,14,19-21,23,25-27,34-35H,8-9,12-13,15-18,31H2,1-7H3,(H,32,36)/t21?,23-,25-,26+,27-/m0/s1. The Morgan fingerprint density at radius 1 is 1.18 bits per heavy atom. The van der Waals surface area contributed by atoms with Gasteiger partial charge in [0.2, 0.25) is 5.91 Å². The van der Waals surface area contributed by atoms with E-state index in [1.165, 1.54) is 0 Å². The Hall–Kier alpha value is -1.42. The van der Waals surface area contributed by atoms with Crippen molar-refractivity contribution < 1.29 is 24.5 Å². The number of aliphatic hydroxyl groups excluding tert-OH is 2. The van der Waals surface area contributed by atoms with Crippen molar-refractivity contribution in [1.82, 2.24) is 10.2 Å². The Labute approximate surface area is 235 Å². The molecule has 0 radical (unpaired) electrons. The monoisotopic (exact) mass is 557 g/mol. The minimum absolute atomic E-state index is 0.0192. The predicted molar refractivity (Wildman–Crippen MR) is 154 cm³/mol. The van der Waals surface area contributed by atoms with Crippen LogP contribution >= 0.6 is 11.6 Å². The highest BCUT2D eigenvalue weighted by molar-refractivity contribution is 6.32. The number of carbonyl (C=O) groups is 1. The molecule has 9 heteroatoms. The highest BCUT2D eigenvalue weighted by atomic mass is 35.5. The van der Waals surface area contributed by atoms with Gasteiger partial charge < -0.3 is 30.7 Å². The Kier molecular flexibility index (Phi) is 16.4. The van der Waals surface area contributed by atoms with Crippen LogP contribution in [0.25, 0.3) is 0 Å². The summed E-state index contributed by atoms with van der Waals surface area (Å²) in [5, 5.41) is 24.3. The van der Waals surface area contributed by atoms with Crippen LogP contribution in [0.4, 0.5) is 0 Å². The lowest BCUT2D eigenvalue weighted by Gasteiger charge is -2.33. The molecule has 0 heterocycles. The Morgan fingerprint density at radius 2 is 1.87 bits per heavy atom. The van der Waals surface area contributed by atoms with E-state index in [0.717, 1.165) is 18.4 Å². The number of halogens is 1. The number of nitrogens with zero attached hydrogens (tertiary/aromatic N) is 1. The average Bonchev–Trinajstić information content (AvgIpc) is 2.88. The molecule has 0 aliphatic rings. The number of methoxy groups -OCH3 is 1. The van der Waals surface area contributed by atoms with Gasteiger partial charge in [-0.2, -0.15) is 0 Å². The molecule has 1 aromatic rings. The van der Waals surface area contributed by atoms with E-state index in [2.05, 4.69) is 24.1 Å². The SMILES string of the molecule is CCC(C)[C@@H](CO)NC(=O)[C@@H](C[C@H](O)[C@@H](N)CN(Cc1ccc(Cl)c(OCCCOC)c1)C(C)C)C(C)C. The molecule has 5 atom stereocenters. The van der Waals surface area contributed by atoms with Gasteiger partial charge in [-0.15, -0.1) is 0 Å². The molecular weight excluding hydrogens is 506 g/mol. The fraction of sp³-hybridized carbons (Fsp3) is 0.759. The summed E-state index contributed by atoms with van der Waals surface area (Å²) in [5.41, 5.74) is 7.52. The molecule has 0 spiro atoms. The Morgan fingerprint density at radius 3 is 2.42 bits per heavy atom. The third-order valence-electron chi connectivity index (χ3n) is 7.29. The molecule has 0 bridgehead atoms. The van der Waals surface area contributed by atoms with Gasteiger partial charge in [-0.3, -0.25) is 9.69 Å². The molecule has 0 aliphatic carbocycles. The molecule has 0 saturated carbocycles. The zero-order chi connectivity index (χ0) is 28.8. The summed E-state index contributed by atoms with van der Waals surface area (Å²) >= 11 is 6.33. The van der Waals surface area contributed by atoms with Crippen LogP contribution in [0.2, 0.25) is 5.02 Å². The van der Waals surface area contributed by atoms with E-state index in [9.17, 15) is 15.0 Å². The van der Waals surface area contributed by atoms with Crippen LogP contribution in [-0.2, 0) is 16.1 Å². The molecular formula is C29H52ClN3O5. The number of carbonyl (C=O) groups excluding carboxylic acids is 1. The first-order valence-corrected chi connectivity index (χ1v) is 14.3. The highest BCUT2D eigenvalue weighted by Gasteiger charge is 2.31. The maximum atomic E-state index is 13.1. The molecule has 8 nitrogen and oxygen atoms in total. The lowest BCUT2D eigenvalue weighted by Crippen LogP contribution is -2.50. The number of hydrogen-bond donors (Lipinski definition) is 4. The maximum absolute atomic E-state index is 13.1. The first-order chi connectivity index (χ1) is 17.9. The number of benzene rings is 1. The van der Waals surface area contributed by atoms with E-state index in [-0.39, 0.29) is 42.9 Å². The van der Waals surface area contributed by atoms with E-state index in [0.29, 0.717) is 37.1 Å². The molecule has 220 valence electrons. The minimum atomic E-state index is -0.851. The van der Waals surface area contributed by atoms with Crippen LogP contribution in [0, 0.1) is 17.8 Å². The largest absolute Gasteiger partial charge is 0.492 e. The van der Waals surface area contributed by atoms with Gasteiger partial charge in [0.25, 0.3) is 0 Å². The first kappa shape index (κ1) is 34.6. The summed E-state index contributed by atoms with van der Waals surface area (Å²) < 4.78 is 10.9. The molecule has 0 fully saturated rings. The fourth-order valence-corrected chi connectivity index (χ4v) is 4.46. The average molecular weight is 558 g/mol. The van der Waals surface area contributed by atoms with E-state index < -0.39 is 18.1 Å². The number of ether oxygens (including phenoxy) is 2. The summed E-state index contributed by atoms with van der Waals surface area (Å²) in [6, 6.07) is 5.09. The van der Waals surface area contributed by atoms with Crippen molar-refractivity contribution in [2.45, 2.75) is 91.6 Å². The van der Waals surface area contributed by atoms with Gasteiger partial charge in [0, 0.05) is 51.2 Å². The van der Waals surface area contributed by atoms with Gasteiger partial charge in [0.15, 0.2) is 0 Å². The first-order valence-electron chi connectivity index (χ1n) is 13.9. The van der Waals surface area contributed by atoms with E-state index in [1.807, 2.05) is 45.9 Å². The summed E-state index contributed by atoms with van der Waals surface area (Å²) in [6.07, 6.45) is 1.03. The van der Waals surface area contributed by atoms with Gasteiger partial charge in [-0.25, -0.2) is 0 Å². The van der Waals surface area contributed by atoms with E-state index in [1.54, 1.807) is 7.11 Å². The minimum Gasteiger partial charge on any atom is -0.492 e. The number of nitrogens with one attached hydrogen (secondary N) is 1. The van der Waals surface area contributed by atoms with Crippen LogP contribution in [0.15, 0.2) is 18.2 Å². The Bertz CT molecular complexity index is 810. The van der Waals surface area contributed by atoms with Gasteiger partial charge in [-0.05, 0) is 49.8 Å². The zero-order valence-corrected chi connectivity index (χ0v) is 25.2. The van der Waals surface area contributed by atoms with Gasteiger partial charge in [0.05, 0.1) is 30.4 Å². The highest BCUT2D eigenvalue weighted by Crippen LogP contribution is 2.27. The Balaban J connectivity index is 2.85. The molecule has 5 N–H and O–H groups in total. The third-order valence-corrected chi connectivity index (χ3v) is 7.61. The molecule has 38 heavy (non-hydrogen) atoms. The summed E-state index contributed by atoms with van der Waals surface area (Å²) in [5.74, 6) is 0.261. The van der Waals surface area contributed by atoms with Crippen molar-refractivity contribution >= 4 is 17.5 Å². The van der Waals surface area contributed by atoms with Crippen molar-refractivity contribution in [2.24, 2.45) is 23.5 Å². The maximum Gasteiger partial charge on any atom is 0.223 e. The molecule has 1 rings (SSSR count). The second-order valence-electron chi connectivity index (χ2n) is 11.0. The molecule has 0 aliphatic heterocycles. The lowest BCUT2D eigenvalue weighted by atomic mass is 9.86. The molecule has 1 aromatic carbocycles. The summed E-state index contributed by atoms with van der Waals surface area (Å²) in [6.45, 7) is 14.3. The summed E-state index contributed by atoms with van der Waals surface area (Å²) in [4.78, 5) is 15.3. The van der Waals surface area contributed by atoms with Gasteiger partial charge >= 0.3 is 0 Å². The number of hydrogen-bond acceptors (Lipinski definition) is 7. The number of nitrogens with two attached hydrogens (primary N) is 1. The molecule has 1 amide bonds. The smallest absolute Gasteiger partial charge is 0.223 e. The van der Waals surface area contributed by atoms with E-state index >= 15 is 0 Å². The topological polar surface area (TPSA) is 117 Å². The number of amides is 1. The number of rotatable bonds is 19. The predicted octanol–water partition coefficient (Wildman–Crippen LogP) is 3.84. The van der Waals surface area contributed by atoms with Crippen LogP contribution in [0.1, 0.15) is 66.4 Å². The van der Waals surface area contributed by atoms with Crippen LogP contribution in [-0.4, -0.2) is 78.7 Å². The quantitative estimate of drug-likeness (QED) is 0.191. The van der Waals surface area contributed by atoms with Crippen LogP contribution in [0.5, 0.6) is 5.75 Å². The van der Waals surface area contributed by atoms with Crippen molar-refractivity contribution in [1.29, 1.82) is 0 Å². The third kappa shape index (κ3) is 11.8. The molecule has 0 saturated heterocycles. The molecule has 1 unspecified atom stereocenters. The van der Waals surface area contributed by atoms with E-state index in [4.69, 9.17) is 26.8 Å². The van der Waals surface area contributed by atoms with Crippen molar-refractivity contribution in [3.63, 3.8) is 0 Å². The number of aliphatic hydroxyl groups is 2. The fourth-order valence-electron chi connectivity index (χ4n) is 4.29. The van der Waals surface area contributed by atoms with Crippen molar-refractivity contribution in [3.8, 4) is 5.75 Å². The second kappa shape index (κ2) is 18.0. The van der Waals surface area contributed by atoms with Crippen LogP contribution < -0.4 is 15.8 Å². The second-order valence-corrected chi connectivity index (χ2v) is 11.4. The molecule has 0 aromatic heterocycles. The zero-order valence-electron chi connectivity index (χ0n) is 24.5. The van der Waals surface area contributed by atoms with Crippen molar-refractivity contribution in [2.75, 3.05) is 33.5 Å². The van der Waals surface area contributed by atoms with Gasteiger partial charge in [-0.1, -0.05) is 51.8 Å². The lowest BCUT2D eigenvalue weighted by molar-refractivity contribution is -0.129. The van der Waals surface area contributed by atoms with Crippen LogP contribution in [0.3, 0.4) is 0 Å².